The van der Waals surface area contributed by atoms with Crippen LogP contribution >= 0.6 is 0 Å². The van der Waals surface area contributed by atoms with Gasteiger partial charge in [0.2, 0.25) is 0 Å². The van der Waals surface area contributed by atoms with Gasteiger partial charge in [0, 0.05) is 18.0 Å². The van der Waals surface area contributed by atoms with Gasteiger partial charge in [-0.15, -0.1) is 0 Å². The second-order valence-corrected chi connectivity index (χ2v) is 5.51. The summed E-state index contributed by atoms with van der Waals surface area (Å²) in [6.07, 6.45) is -0.495. The first-order valence-electron chi connectivity index (χ1n) is 7.37. The summed E-state index contributed by atoms with van der Waals surface area (Å²) in [7, 11) is 1.62. The Kier molecular flexibility index (Phi) is 4.80. The minimum absolute atomic E-state index is 0.282. The van der Waals surface area contributed by atoms with Crippen molar-refractivity contribution in [2.45, 2.75) is 27.3 Å². The second kappa shape index (κ2) is 6.60. The van der Waals surface area contributed by atoms with E-state index in [1.807, 2.05) is 43.5 Å². The molecule has 6 heteroatoms. The molecule has 22 heavy (non-hydrogen) atoms. The summed E-state index contributed by atoms with van der Waals surface area (Å²) in [6.45, 7) is 6.99. The van der Waals surface area contributed by atoms with Crippen LogP contribution in [0.3, 0.4) is 0 Å². The zero-order valence-electron chi connectivity index (χ0n) is 13.5. The molecule has 1 heterocycles. The molecule has 2 rings (SSSR count). The zero-order chi connectivity index (χ0) is 16.3. The number of amides is 1. The van der Waals surface area contributed by atoms with E-state index in [9.17, 15) is 4.79 Å². The van der Waals surface area contributed by atoms with Gasteiger partial charge in [-0.3, -0.25) is 5.32 Å². The normalized spacial score (nSPS) is 11.0. The summed E-state index contributed by atoms with van der Waals surface area (Å²) in [5.74, 6) is 1.58. The fourth-order valence-electron chi connectivity index (χ4n) is 2.32. The van der Waals surface area contributed by atoms with Crippen molar-refractivity contribution in [2.24, 2.45) is 5.92 Å². The Morgan fingerprint density at radius 1 is 1.41 bits per heavy atom. The molecule has 0 saturated heterocycles. The molecule has 1 aromatic heterocycles. The molecule has 0 unspecified atom stereocenters. The van der Waals surface area contributed by atoms with Crippen LogP contribution in [0.5, 0.6) is 5.75 Å². The van der Waals surface area contributed by atoms with Crippen molar-refractivity contribution in [3.05, 3.63) is 18.2 Å². The van der Waals surface area contributed by atoms with Crippen LogP contribution in [0.1, 0.15) is 20.8 Å². The van der Waals surface area contributed by atoms with Crippen LogP contribution in [-0.2, 0) is 11.3 Å². The molecule has 0 bridgehead atoms. The number of benzene rings is 1. The Labute approximate surface area is 130 Å². The smallest absolute Gasteiger partial charge is 0.412 e. The van der Waals surface area contributed by atoms with E-state index < -0.39 is 6.09 Å². The molecular formula is C16H23N3O3. The van der Waals surface area contributed by atoms with Gasteiger partial charge in [0.05, 0.1) is 24.9 Å². The lowest BCUT2D eigenvalue weighted by molar-refractivity contribution is 0.147. The van der Waals surface area contributed by atoms with Crippen LogP contribution in [0.4, 0.5) is 16.3 Å². The number of rotatable bonds is 5. The molecule has 0 fully saturated rings. The first kappa shape index (κ1) is 16.0. The van der Waals surface area contributed by atoms with Crippen LogP contribution in [-0.4, -0.2) is 24.4 Å². The summed E-state index contributed by atoms with van der Waals surface area (Å²) in [4.78, 5) is 11.9. The Bertz CT molecular complexity index is 677. The molecular weight excluding hydrogens is 282 g/mol. The van der Waals surface area contributed by atoms with Gasteiger partial charge in [-0.1, -0.05) is 13.8 Å². The van der Waals surface area contributed by atoms with Crippen molar-refractivity contribution in [3.8, 4) is 5.75 Å². The van der Waals surface area contributed by atoms with Gasteiger partial charge in [-0.25, -0.2) is 4.79 Å². The SMILES string of the molecule is CCn1c(NC(=O)OCC(C)C)c(N)c2ccc(OC)cc21. The Morgan fingerprint density at radius 2 is 2.14 bits per heavy atom. The quantitative estimate of drug-likeness (QED) is 0.886. The molecule has 0 aliphatic heterocycles. The minimum atomic E-state index is -0.495. The number of aromatic nitrogens is 1. The number of nitrogen functional groups attached to an aromatic ring is 1. The van der Waals surface area contributed by atoms with Gasteiger partial charge in [0.15, 0.2) is 0 Å². The number of hydrogen-bond acceptors (Lipinski definition) is 4. The van der Waals surface area contributed by atoms with E-state index in [2.05, 4.69) is 5.32 Å². The third-order valence-corrected chi connectivity index (χ3v) is 3.40. The highest BCUT2D eigenvalue weighted by Crippen LogP contribution is 2.34. The third-order valence-electron chi connectivity index (χ3n) is 3.40. The van der Waals surface area contributed by atoms with Gasteiger partial charge in [-0.2, -0.15) is 0 Å². The van der Waals surface area contributed by atoms with E-state index in [0.29, 0.717) is 24.7 Å². The highest BCUT2D eigenvalue weighted by molar-refractivity contribution is 6.03. The average Bonchev–Trinajstić information content (AvgIpc) is 2.76. The van der Waals surface area contributed by atoms with E-state index in [0.717, 1.165) is 16.7 Å². The molecule has 2 aromatic rings. The molecule has 0 radical (unpaired) electrons. The van der Waals surface area contributed by atoms with Crippen molar-refractivity contribution < 1.29 is 14.3 Å². The van der Waals surface area contributed by atoms with Crippen LogP contribution in [0, 0.1) is 5.92 Å². The number of ether oxygens (including phenoxy) is 2. The fourth-order valence-corrected chi connectivity index (χ4v) is 2.32. The number of methoxy groups -OCH3 is 1. The van der Waals surface area contributed by atoms with E-state index >= 15 is 0 Å². The van der Waals surface area contributed by atoms with Gasteiger partial charge in [0.1, 0.15) is 11.6 Å². The van der Waals surface area contributed by atoms with Gasteiger partial charge < -0.3 is 19.8 Å². The Morgan fingerprint density at radius 3 is 2.73 bits per heavy atom. The molecule has 1 aromatic carbocycles. The summed E-state index contributed by atoms with van der Waals surface area (Å²) in [6, 6.07) is 5.64. The number of hydrogen-bond donors (Lipinski definition) is 2. The van der Waals surface area contributed by atoms with Crippen LogP contribution in [0.2, 0.25) is 0 Å². The van der Waals surface area contributed by atoms with E-state index in [-0.39, 0.29) is 5.92 Å². The topological polar surface area (TPSA) is 78.5 Å². The van der Waals surface area contributed by atoms with E-state index in [1.54, 1.807) is 7.11 Å². The molecule has 0 aliphatic carbocycles. The molecule has 6 nitrogen and oxygen atoms in total. The number of carbonyl (C=O) groups is 1. The lowest BCUT2D eigenvalue weighted by atomic mass is 10.2. The van der Waals surface area contributed by atoms with Gasteiger partial charge in [-0.05, 0) is 25.0 Å². The molecule has 0 saturated carbocycles. The lowest BCUT2D eigenvalue weighted by Gasteiger charge is -2.12. The average molecular weight is 305 g/mol. The largest absolute Gasteiger partial charge is 0.497 e. The first-order valence-corrected chi connectivity index (χ1v) is 7.37. The Balaban J connectivity index is 2.36. The number of anilines is 2. The molecule has 120 valence electrons. The maximum absolute atomic E-state index is 11.9. The maximum atomic E-state index is 11.9. The molecule has 0 atom stereocenters. The van der Waals surface area contributed by atoms with E-state index in [4.69, 9.17) is 15.2 Å². The number of carbonyl (C=O) groups excluding carboxylic acids is 1. The number of nitrogens with two attached hydrogens (primary N) is 1. The number of nitrogens with zero attached hydrogens (tertiary/aromatic N) is 1. The summed E-state index contributed by atoms with van der Waals surface area (Å²) >= 11 is 0. The predicted octanol–water partition coefficient (Wildman–Crippen LogP) is 3.46. The highest BCUT2D eigenvalue weighted by atomic mass is 16.5. The van der Waals surface area contributed by atoms with Crippen molar-refractivity contribution >= 4 is 28.5 Å². The van der Waals surface area contributed by atoms with E-state index in [1.165, 1.54) is 0 Å². The maximum Gasteiger partial charge on any atom is 0.412 e. The molecule has 1 amide bonds. The monoisotopic (exact) mass is 305 g/mol. The van der Waals surface area contributed by atoms with Gasteiger partial charge in [0.25, 0.3) is 0 Å². The number of nitrogens with one attached hydrogen (secondary N) is 1. The molecule has 0 spiro atoms. The Hall–Kier alpha value is -2.37. The lowest BCUT2D eigenvalue weighted by Crippen LogP contribution is -2.19. The van der Waals surface area contributed by atoms with Crippen LogP contribution in [0.15, 0.2) is 18.2 Å². The molecule has 3 N–H and O–H groups in total. The number of fused-ring (bicyclic) bond motifs is 1. The van der Waals surface area contributed by atoms with Crippen LogP contribution < -0.4 is 15.8 Å². The zero-order valence-corrected chi connectivity index (χ0v) is 13.5. The van der Waals surface area contributed by atoms with Crippen molar-refractivity contribution in [3.63, 3.8) is 0 Å². The van der Waals surface area contributed by atoms with Crippen molar-refractivity contribution in [1.82, 2.24) is 4.57 Å². The highest BCUT2D eigenvalue weighted by Gasteiger charge is 2.17. The predicted molar refractivity (Wildman–Crippen MR) is 88.4 cm³/mol. The van der Waals surface area contributed by atoms with Crippen molar-refractivity contribution in [1.29, 1.82) is 0 Å². The summed E-state index contributed by atoms with van der Waals surface area (Å²) in [5.41, 5.74) is 7.62. The standard InChI is InChI=1S/C16H23N3O3/c1-5-19-13-8-11(21-4)6-7-12(13)14(17)15(19)18-16(20)22-9-10(2)3/h6-8,10H,5,9,17H2,1-4H3,(H,18,20). The summed E-state index contributed by atoms with van der Waals surface area (Å²) in [5, 5.41) is 3.62. The summed E-state index contributed by atoms with van der Waals surface area (Å²) < 4.78 is 12.3. The van der Waals surface area contributed by atoms with Gasteiger partial charge >= 0.3 is 6.09 Å². The van der Waals surface area contributed by atoms with Crippen molar-refractivity contribution in [2.75, 3.05) is 24.8 Å². The second-order valence-electron chi connectivity index (χ2n) is 5.51. The minimum Gasteiger partial charge on any atom is -0.497 e. The number of aryl methyl sites for hydroxylation is 1. The first-order chi connectivity index (χ1) is 10.5. The molecule has 0 aliphatic rings. The van der Waals surface area contributed by atoms with Crippen LogP contribution in [0.25, 0.3) is 10.9 Å². The third kappa shape index (κ3) is 3.10. The fraction of sp³-hybridized carbons (Fsp3) is 0.438.